The van der Waals surface area contributed by atoms with Crippen LogP contribution in [0.3, 0.4) is 0 Å². The number of nitrogens with one attached hydrogen (secondary N) is 2. The maximum Gasteiger partial charge on any atom is 0.356 e. The van der Waals surface area contributed by atoms with Crippen LogP contribution in [0, 0.1) is 6.92 Å². The van der Waals surface area contributed by atoms with Crippen LogP contribution in [0.4, 0.5) is 5.69 Å². The molecule has 0 aliphatic carbocycles. The van der Waals surface area contributed by atoms with Crippen LogP contribution in [0.15, 0.2) is 45.6 Å². The molecule has 170 valence electrons. The van der Waals surface area contributed by atoms with Gasteiger partial charge in [0.25, 0.3) is 0 Å². The van der Waals surface area contributed by atoms with Gasteiger partial charge in [0.2, 0.25) is 5.91 Å². The van der Waals surface area contributed by atoms with Gasteiger partial charge in [-0.05, 0) is 36.8 Å². The van der Waals surface area contributed by atoms with Crippen molar-refractivity contribution in [3.63, 3.8) is 0 Å². The van der Waals surface area contributed by atoms with Crippen molar-refractivity contribution in [1.29, 1.82) is 0 Å². The summed E-state index contributed by atoms with van der Waals surface area (Å²) in [5.74, 6) is -0.141. The van der Waals surface area contributed by atoms with Crippen molar-refractivity contribution < 1.29 is 28.2 Å². The largest absolute Gasteiger partial charge is 0.497 e. The molecule has 33 heavy (non-hydrogen) atoms. The molecule has 0 aliphatic rings. The van der Waals surface area contributed by atoms with Gasteiger partial charge in [-0.1, -0.05) is 6.07 Å². The Labute approximate surface area is 188 Å². The van der Waals surface area contributed by atoms with E-state index in [2.05, 4.69) is 10.3 Å². The Morgan fingerprint density at radius 3 is 2.58 bits per heavy atom. The summed E-state index contributed by atoms with van der Waals surface area (Å²) >= 11 is 0. The van der Waals surface area contributed by atoms with E-state index in [1.807, 2.05) is 0 Å². The van der Waals surface area contributed by atoms with Gasteiger partial charge in [0, 0.05) is 11.5 Å². The number of H-pyrrole nitrogens is 1. The molecule has 0 spiro atoms. The Balaban J connectivity index is 1.73. The highest BCUT2D eigenvalue weighted by molar-refractivity contribution is 6.13. The molecule has 2 N–H and O–H groups in total. The van der Waals surface area contributed by atoms with Crippen molar-refractivity contribution >= 4 is 39.4 Å². The van der Waals surface area contributed by atoms with Gasteiger partial charge in [-0.2, -0.15) is 0 Å². The fraction of sp³-hybridized carbons (Fsp3) is 0.208. The van der Waals surface area contributed by atoms with E-state index in [0.29, 0.717) is 38.9 Å². The second-order valence-electron chi connectivity index (χ2n) is 7.33. The van der Waals surface area contributed by atoms with E-state index in [9.17, 15) is 14.4 Å². The lowest BCUT2D eigenvalue weighted by Crippen LogP contribution is -2.21. The van der Waals surface area contributed by atoms with Crippen LogP contribution in [0.5, 0.6) is 11.5 Å². The molecule has 0 fully saturated rings. The van der Waals surface area contributed by atoms with Gasteiger partial charge in [-0.15, -0.1) is 0 Å². The van der Waals surface area contributed by atoms with Crippen molar-refractivity contribution in [2.75, 3.05) is 26.6 Å². The molecule has 9 nitrogen and oxygen atoms in total. The van der Waals surface area contributed by atoms with Gasteiger partial charge in [0.05, 0.1) is 49.9 Å². The molecule has 0 saturated heterocycles. The Kier molecular flexibility index (Phi) is 5.78. The first-order valence-electron chi connectivity index (χ1n) is 10.0. The molecule has 2 aromatic heterocycles. The number of hydrogen-bond acceptors (Lipinski definition) is 7. The first kappa shape index (κ1) is 21.9. The summed E-state index contributed by atoms with van der Waals surface area (Å²) in [4.78, 5) is 40.9. The van der Waals surface area contributed by atoms with Crippen molar-refractivity contribution in [2.45, 2.75) is 13.3 Å². The summed E-state index contributed by atoms with van der Waals surface area (Å²) in [5.41, 5.74) is 1.47. The van der Waals surface area contributed by atoms with Crippen LogP contribution in [0.2, 0.25) is 0 Å². The highest BCUT2D eigenvalue weighted by Gasteiger charge is 2.24. The summed E-state index contributed by atoms with van der Waals surface area (Å²) in [7, 11) is 4.26. The summed E-state index contributed by atoms with van der Waals surface area (Å²) in [6.45, 7) is 1.75. The van der Waals surface area contributed by atoms with Crippen molar-refractivity contribution in [3.05, 3.63) is 63.6 Å². The molecule has 0 aliphatic heterocycles. The quantitative estimate of drug-likeness (QED) is 0.340. The van der Waals surface area contributed by atoms with E-state index in [1.54, 1.807) is 43.3 Å². The number of carbonyl (C=O) groups excluding carboxylic acids is 2. The molecular formula is C24H22N2O7. The third-order valence-electron chi connectivity index (χ3n) is 5.49. The lowest BCUT2D eigenvalue weighted by atomic mass is 10.0. The molecule has 2 aromatic carbocycles. The number of benzene rings is 2. The number of carbonyl (C=O) groups is 2. The molecule has 0 unspecified atom stereocenters. The van der Waals surface area contributed by atoms with E-state index in [1.165, 1.54) is 21.3 Å². The summed E-state index contributed by atoms with van der Waals surface area (Å²) in [5, 5.41) is 3.95. The van der Waals surface area contributed by atoms with E-state index in [0.717, 1.165) is 0 Å². The van der Waals surface area contributed by atoms with Crippen LogP contribution >= 0.6 is 0 Å². The van der Waals surface area contributed by atoms with Crippen molar-refractivity contribution in [2.24, 2.45) is 0 Å². The number of anilines is 1. The maximum absolute atomic E-state index is 13.0. The van der Waals surface area contributed by atoms with Gasteiger partial charge in [-0.25, -0.2) is 9.59 Å². The second-order valence-corrected chi connectivity index (χ2v) is 7.33. The first-order chi connectivity index (χ1) is 15.9. The number of aromatic amines is 1. The molecule has 2 heterocycles. The second kappa shape index (κ2) is 8.70. The minimum absolute atomic E-state index is 0.0692. The van der Waals surface area contributed by atoms with Crippen molar-refractivity contribution in [1.82, 2.24) is 4.98 Å². The molecule has 4 rings (SSSR count). The van der Waals surface area contributed by atoms with Crippen LogP contribution in [-0.4, -0.2) is 38.2 Å². The molecule has 4 aromatic rings. The lowest BCUT2D eigenvalue weighted by molar-refractivity contribution is -0.115. The van der Waals surface area contributed by atoms with Crippen molar-refractivity contribution in [3.8, 4) is 11.5 Å². The van der Waals surface area contributed by atoms with E-state index in [-0.39, 0.29) is 23.4 Å². The predicted molar refractivity (Wildman–Crippen MR) is 122 cm³/mol. The minimum Gasteiger partial charge on any atom is -0.497 e. The van der Waals surface area contributed by atoms with Crippen LogP contribution in [0.1, 0.15) is 21.6 Å². The van der Waals surface area contributed by atoms with Gasteiger partial charge in [0.1, 0.15) is 22.8 Å². The number of aryl methyl sites for hydroxylation is 1. The Morgan fingerprint density at radius 1 is 1.09 bits per heavy atom. The van der Waals surface area contributed by atoms with Crippen LogP contribution in [0.25, 0.3) is 21.9 Å². The third-order valence-corrected chi connectivity index (χ3v) is 5.49. The zero-order chi connectivity index (χ0) is 23.7. The van der Waals surface area contributed by atoms with Gasteiger partial charge in [-0.3, -0.25) is 4.79 Å². The number of ether oxygens (including phenoxy) is 3. The Bertz CT molecular complexity index is 1450. The topological polar surface area (TPSA) is 120 Å². The normalized spacial score (nSPS) is 10.9. The number of methoxy groups -OCH3 is 3. The molecule has 0 atom stereocenters. The fourth-order valence-electron chi connectivity index (χ4n) is 3.82. The lowest BCUT2D eigenvalue weighted by Gasteiger charge is -2.11. The Hall–Kier alpha value is -4.27. The predicted octanol–water partition coefficient (Wildman–Crippen LogP) is 3.57. The summed E-state index contributed by atoms with van der Waals surface area (Å²) in [6, 6.07) is 10.4. The summed E-state index contributed by atoms with van der Waals surface area (Å²) < 4.78 is 20.8. The Morgan fingerprint density at radius 2 is 1.88 bits per heavy atom. The number of rotatable bonds is 6. The molecule has 1 amide bonds. The zero-order valence-corrected chi connectivity index (χ0v) is 18.5. The number of hydrogen-bond donors (Lipinski definition) is 2. The first-order valence-corrected chi connectivity index (χ1v) is 10.0. The smallest absolute Gasteiger partial charge is 0.356 e. The maximum atomic E-state index is 13.0. The standard InChI is InChI=1S/C24H22N2O7/c1-12-14-9-8-13(30-2)10-18(14)33-23(28)15(12)11-19(27)26-21-20-16(6-5-7-17(20)31-3)25-22(21)24(29)32-4/h5-10,25H,11H2,1-4H3,(H,26,27). The van der Waals surface area contributed by atoms with Crippen LogP contribution < -0.4 is 20.4 Å². The number of aromatic nitrogens is 1. The average molecular weight is 450 g/mol. The van der Waals surface area contributed by atoms with Gasteiger partial charge < -0.3 is 28.9 Å². The molecule has 0 bridgehead atoms. The molecule has 0 saturated carbocycles. The molecule has 9 heteroatoms. The number of fused-ring (bicyclic) bond motifs is 2. The van der Waals surface area contributed by atoms with Gasteiger partial charge in [0.15, 0.2) is 0 Å². The molecular weight excluding hydrogens is 428 g/mol. The van der Waals surface area contributed by atoms with Gasteiger partial charge >= 0.3 is 11.6 Å². The monoisotopic (exact) mass is 450 g/mol. The summed E-state index contributed by atoms with van der Waals surface area (Å²) in [6.07, 6.45) is -0.251. The minimum atomic E-state index is -0.654. The number of amides is 1. The number of esters is 1. The fourth-order valence-corrected chi connectivity index (χ4v) is 3.82. The SMILES string of the molecule is COC(=O)c1[nH]c2cccc(OC)c2c1NC(=O)Cc1c(C)c2ccc(OC)cc2oc1=O. The van der Waals surface area contributed by atoms with E-state index < -0.39 is 17.5 Å². The van der Waals surface area contributed by atoms with Crippen LogP contribution in [-0.2, 0) is 16.0 Å². The third kappa shape index (κ3) is 3.89. The molecule has 0 radical (unpaired) electrons. The highest BCUT2D eigenvalue weighted by atomic mass is 16.5. The average Bonchev–Trinajstić information content (AvgIpc) is 3.19. The zero-order valence-electron chi connectivity index (χ0n) is 18.5. The van der Waals surface area contributed by atoms with E-state index >= 15 is 0 Å². The highest BCUT2D eigenvalue weighted by Crippen LogP contribution is 2.35. The van der Waals surface area contributed by atoms with E-state index in [4.69, 9.17) is 18.6 Å².